The molecule has 0 spiro atoms. The van der Waals surface area contributed by atoms with Gasteiger partial charge in [-0.25, -0.2) is 4.39 Å². The molecule has 2 heteroatoms. The molecule has 0 unspecified atom stereocenters. The summed E-state index contributed by atoms with van der Waals surface area (Å²) in [4.78, 5) is 0. The minimum Gasteiger partial charge on any atom is -0.316 e. The molecule has 0 bridgehead atoms. The molecule has 0 heterocycles. The lowest BCUT2D eigenvalue weighted by atomic mass is 9.82. The van der Waals surface area contributed by atoms with Gasteiger partial charge in [0.1, 0.15) is 5.67 Å². The van der Waals surface area contributed by atoms with Gasteiger partial charge in [0.25, 0.3) is 0 Å². The van der Waals surface area contributed by atoms with Crippen molar-refractivity contribution in [2.75, 3.05) is 7.05 Å². The Hall–Kier alpha value is -0.890. The first-order chi connectivity index (χ1) is 8.22. The lowest BCUT2D eigenvalue weighted by Gasteiger charge is -2.29. The third-order valence-corrected chi connectivity index (χ3v) is 3.67. The summed E-state index contributed by atoms with van der Waals surface area (Å²) in [6.07, 6.45) is 5.37. The van der Waals surface area contributed by atoms with Crippen LogP contribution < -0.4 is 5.32 Å². The highest BCUT2D eigenvalue weighted by atomic mass is 19.1. The first kappa shape index (κ1) is 12.6. The lowest BCUT2D eigenvalue weighted by Crippen LogP contribution is -2.28. The maximum absolute atomic E-state index is 14.5. The SMILES string of the molecule is CNCc1ccc(CC2(F)CCCCC2)cc1. The molecule has 1 nitrogen and oxygen atoms in total. The Balaban J connectivity index is 1.97. The molecule has 1 aliphatic rings. The van der Waals surface area contributed by atoms with E-state index in [4.69, 9.17) is 0 Å². The molecule has 2 rings (SSSR count). The van der Waals surface area contributed by atoms with Gasteiger partial charge >= 0.3 is 0 Å². The van der Waals surface area contributed by atoms with Gasteiger partial charge in [-0.3, -0.25) is 0 Å². The summed E-state index contributed by atoms with van der Waals surface area (Å²) in [5.41, 5.74) is 1.45. The molecule has 1 aliphatic carbocycles. The Kier molecular flexibility index (Phi) is 4.16. The molecule has 0 aliphatic heterocycles. The zero-order valence-corrected chi connectivity index (χ0v) is 10.6. The molecule has 1 N–H and O–H groups in total. The molecule has 1 fully saturated rings. The van der Waals surface area contributed by atoms with Crippen LogP contribution in [0.4, 0.5) is 4.39 Å². The van der Waals surface area contributed by atoms with Crippen LogP contribution in [0.1, 0.15) is 43.2 Å². The molecule has 94 valence electrons. The Labute approximate surface area is 103 Å². The summed E-state index contributed by atoms with van der Waals surface area (Å²) in [7, 11) is 1.94. The van der Waals surface area contributed by atoms with Crippen molar-refractivity contribution in [3.8, 4) is 0 Å². The van der Waals surface area contributed by atoms with E-state index in [1.165, 1.54) is 12.0 Å². The molecule has 17 heavy (non-hydrogen) atoms. The summed E-state index contributed by atoms with van der Waals surface area (Å²) in [5.74, 6) is 0. The van der Waals surface area contributed by atoms with Gasteiger partial charge in [0.2, 0.25) is 0 Å². The van der Waals surface area contributed by atoms with Crippen LogP contribution in [0, 0.1) is 0 Å². The fourth-order valence-electron chi connectivity index (χ4n) is 2.71. The van der Waals surface area contributed by atoms with Crippen LogP contribution in [0.5, 0.6) is 0 Å². The van der Waals surface area contributed by atoms with E-state index >= 15 is 0 Å². The maximum Gasteiger partial charge on any atom is 0.115 e. The molecule has 0 saturated heterocycles. The Morgan fingerprint density at radius 1 is 1.06 bits per heavy atom. The van der Waals surface area contributed by atoms with Crippen LogP contribution >= 0.6 is 0 Å². The first-order valence-corrected chi connectivity index (χ1v) is 6.63. The molecular formula is C15H22FN. The number of hydrogen-bond acceptors (Lipinski definition) is 1. The minimum absolute atomic E-state index is 0.590. The highest BCUT2D eigenvalue weighted by molar-refractivity contribution is 5.24. The fourth-order valence-corrected chi connectivity index (χ4v) is 2.71. The monoisotopic (exact) mass is 235 g/mol. The normalized spacial score (nSPS) is 19.2. The van der Waals surface area contributed by atoms with Crippen LogP contribution in [-0.2, 0) is 13.0 Å². The zero-order valence-electron chi connectivity index (χ0n) is 10.6. The number of alkyl halides is 1. The van der Waals surface area contributed by atoms with Crippen LogP contribution in [0.3, 0.4) is 0 Å². The predicted molar refractivity (Wildman–Crippen MR) is 69.8 cm³/mol. The van der Waals surface area contributed by atoms with Crippen LogP contribution in [0.15, 0.2) is 24.3 Å². The van der Waals surface area contributed by atoms with E-state index in [0.29, 0.717) is 6.42 Å². The van der Waals surface area contributed by atoms with Crippen molar-refractivity contribution in [3.05, 3.63) is 35.4 Å². The smallest absolute Gasteiger partial charge is 0.115 e. The van der Waals surface area contributed by atoms with Gasteiger partial charge in [-0.2, -0.15) is 0 Å². The predicted octanol–water partition coefficient (Wildman–Crippen LogP) is 3.62. The van der Waals surface area contributed by atoms with Crippen molar-refractivity contribution in [1.82, 2.24) is 5.32 Å². The Morgan fingerprint density at radius 3 is 2.24 bits per heavy atom. The highest BCUT2D eigenvalue weighted by Gasteiger charge is 2.31. The molecule has 1 aromatic carbocycles. The molecular weight excluding hydrogens is 213 g/mol. The summed E-state index contributed by atoms with van der Waals surface area (Å²) in [6, 6.07) is 8.33. The number of halogens is 1. The van der Waals surface area contributed by atoms with Gasteiger partial charge in [0.15, 0.2) is 0 Å². The van der Waals surface area contributed by atoms with E-state index < -0.39 is 5.67 Å². The van der Waals surface area contributed by atoms with Gasteiger partial charge < -0.3 is 5.32 Å². The van der Waals surface area contributed by atoms with Gasteiger partial charge in [0.05, 0.1) is 0 Å². The largest absolute Gasteiger partial charge is 0.316 e. The average molecular weight is 235 g/mol. The second kappa shape index (κ2) is 5.63. The van der Waals surface area contributed by atoms with Gasteiger partial charge in [-0.15, -0.1) is 0 Å². The lowest BCUT2D eigenvalue weighted by molar-refractivity contribution is 0.107. The summed E-state index contributed by atoms with van der Waals surface area (Å²) in [6.45, 7) is 0.876. The molecule has 1 aromatic rings. The fraction of sp³-hybridized carbons (Fsp3) is 0.600. The van der Waals surface area contributed by atoms with Crippen LogP contribution in [0.25, 0.3) is 0 Å². The van der Waals surface area contributed by atoms with E-state index in [0.717, 1.165) is 37.8 Å². The highest BCUT2D eigenvalue weighted by Crippen LogP contribution is 2.34. The van der Waals surface area contributed by atoms with Crippen molar-refractivity contribution in [1.29, 1.82) is 0 Å². The van der Waals surface area contributed by atoms with Gasteiger partial charge in [-0.1, -0.05) is 43.5 Å². The number of rotatable bonds is 4. The maximum atomic E-state index is 14.5. The van der Waals surface area contributed by atoms with E-state index in [1.54, 1.807) is 0 Å². The first-order valence-electron chi connectivity index (χ1n) is 6.63. The second-order valence-electron chi connectivity index (χ2n) is 5.24. The zero-order chi connectivity index (χ0) is 12.1. The van der Waals surface area contributed by atoms with Crippen molar-refractivity contribution in [3.63, 3.8) is 0 Å². The van der Waals surface area contributed by atoms with E-state index in [1.807, 2.05) is 7.05 Å². The van der Waals surface area contributed by atoms with Crippen molar-refractivity contribution >= 4 is 0 Å². The second-order valence-corrected chi connectivity index (χ2v) is 5.24. The van der Waals surface area contributed by atoms with Crippen molar-refractivity contribution < 1.29 is 4.39 Å². The molecule has 1 saturated carbocycles. The van der Waals surface area contributed by atoms with Crippen LogP contribution in [0.2, 0.25) is 0 Å². The molecule has 0 atom stereocenters. The third kappa shape index (κ3) is 3.53. The Morgan fingerprint density at radius 2 is 1.65 bits per heavy atom. The Bertz CT molecular complexity index is 338. The van der Waals surface area contributed by atoms with Crippen molar-refractivity contribution in [2.24, 2.45) is 0 Å². The molecule has 0 amide bonds. The third-order valence-electron chi connectivity index (χ3n) is 3.67. The van der Waals surface area contributed by atoms with Gasteiger partial charge in [0, 0.05) is 13.0 Å². The molecule has 0 aromatic heterocycles. The number of nitrogens with one attached hydrogen (secondary N) is 1. The number of benzene rings is 1. The average Bonchev–Trinajstić information content (AvgIpc) is 2.33. The number of hydrogen-bond donors (Lipinski definition) is 1. The van der Waals surface area contributed by atoms with Gasteiger partial charge in [-0.05, 0) is 31.0 Å². The van der Waals surface area contributed by atoms with Crippen molar-refractivity contribution in [2.45, 2.75) is 50.7 Å². The quantitative estimate of drug-likeness (QED) is 0.840. The minimum atomic E-state index is -0.942. The van der Waals surface area contributed by atoms with E-state index in [-0.39, 0.29) is 0 Å². The molecule has 0 radical (unpaired) electrons. The van der Waals surface area contributed by atoms with E-state index in [2.05, 4.69) is 29.6 Å². The summed E-state index contributed by atoms with van der Waals surface area (Å²) >= 11 is 0. The summed E-state index contributed by atoms with van der Waals surface area (Å²) in [5, 5.41) is 3.12. The topological polar surface area (TPSA) is 12.0 Å². The standard InChI is InChI=1S/C15H22FN/c1-17-12-14-7-5-13(6-8-14)11-15(16)9-3-2-4-10-15/h5-8,17H,2-4,9-12H2,1H3. The van der Waals surface area contributed by atoms with Crippen LogP contribution in [-0.4, -0.2) is 12.7 Å². The summed E-state index contributed by atoms with van der Waals surface area (Å²) < 4.78 is 14.5. The van der Waals surface area contributed by atoms with E-state index in [9.17, 15) is 4.39 Å².